The highest BCUT2D eigenvalue weighted by Crippen LogP contribution is 2.31. The lowest BCUT2D eigenvalue weighted by Crippen LogP contribution is -2.29. The summed E-state index contributed by atoms with van der Waals surface area (Å²) in [6.07, 6.45) is -4.72. The molecule has 0 saturated heterocycles. The number of hydrogen-bond acceptors (Lipinski definition) is 2. The van der Waals surface area contributed by atoms with Crippen LogP contribution in [0.5, 0.6) is 0 Å². The SMILES string of the molecule is CCC(CS(=O)(=O)c1ccccc1)C(F)(F)F. The van der Waals surface area contributed by atoms with Crippen LogP contribution in [-0.4, -0.2) is 20.3 Å². The Morgan fingerprint density at radius 2 is 1.71 bits per heavy atom. The molecule has 0 N–H and O–H groups in total. The Labute approximate surface area is 98.4 Å². The third-order valence-electron chi connectivity index (χ3n) is 2.48. The van der Waals surface area contributed by atoms with Crippen molar-refractivity contribution in [2.24, 2.45) is 5.92 Å². The van der Waals surface area contributed by atoms with Crippen molar-refractivity contribution in [1.29, 1.82) is 0 Å². The summed E-state index contributed by atoms with van der Waals surface area (Å²) in [7, 11) is -3.87. The third kappa shape index (κ3) is 3.73. The van der Waals surface area contributed by atoms with E-state index in [1.54, 1.807) is 6.07 Å². The molecule has 1 rings (SSSR count). The molecule has 6 heteroatoms. The molecule has 96 valence electrons. The van der Waals surface area contributed by atoms with Gasteiger partial charge in [-0.1, -0.05) is 25.1 Å². The van der Waals surface area contributed by atoms with Crippen molar-refractivity contribution >= 4 is 9.84 Å². The smallest absolute Gasteiger partial charge is 0.224 e. The Morgan fingerprint density at radius 3 is 2.12 bits per heavy atom. The van der Waals surface area contributed by atoms with Gasteiger partial charge in [-0.3, -0.25) is 0 Å². The topological polar surface area (TPSA) is 34.1 Å². The van der Waals surface area contributed by atoms with Crippen molar-refractivity contribution in [3.8, 4) is 0 Å². The first kappa shape index (κ1) is 14.0. The highest BCUT2D eigenvalue weighted by Gasteiger charge is 2.41. The van der Waals surface area contributed by atoms with Gasteiger partial charge in [0.1, 0.15) is 0 Å². The first-order chi connectivity index (χ1) is 7.77. The van der Waals surface area contributed by atoms with Gasteiger partial charge in [-0.15, -0.1) is 0 Å². The normalized spacial score (nSPS) is 14.6. The van der Waals surface area contributed by atoms with Crippen LogP contribution in [-0.2, 0) is 9.84 Å². The molecule has 1 atom stereocenters. The number of alkyl halides is 3. The monoisotopic (exact) mass is 266 g/mol. The van der Waals surface area contributed by atoms with Crippen LogP contribution in [0.3, 0.4) is 0 Å². The molecule has 0 aliphatic rings. The molecule has 0 fully saturated rings. The van der Waals surface area contributed by atoms with Gasteiger partial charge in [0, 0.05) is 0 Å². The van der Waals surface area contributed by atoms with E-state index in [4.69, 9.17) is 0 Å². The van der Waals surface area contributed by atoms with Gasteiger partial charge >= 0.3 is 6.18 Å². The Bertz CT molecular complexity index is 451. The molecular weight excluding hydrogens is 253 g/mol. The molecule has 0 radical (unpaired) electrons. The molecule has 2 nitrogen and oxygen atoms in total. The average molecular weight is 266 g/mol. The van der Waals surface area contributed by atoms with Gasteiger partial charge in [-0.05, 0) is 18.6 Å². The minimum atomic E-state index is -4.48. The number of rotatable bonds is 4. The van der Waals surface area contributed by atoms with Crippen molar-refractivity contribution in [2.45, 2.75) is 24.4 Å². The number of halogens is 3. The fourth-order valence-corrected chi connectivity index (χ4v) is 3.15. The Morgan fingerprint density at radius 1 is 1.18 bits per heavy atom. The van der Waals surface area contributed by atoms with E-state index in [1.807, 2.05) is 0 Å². The fourth-order valence-electron chi connectivity index (χ4n) is 1.43. The summed E-state index contributed by atoms with van der Waals surface area (Å²) < 4.78 is 61.0. The third-order valence-corrected chi connectivity index (χ3v) is 4.31. The van der Waals surface area contributed by atoms with Crippen LogP contribution in [0.2, 0.25) is 0 Å². The first-order valence-electron chi connectivity index (χ1n) is 5.12. The molecule has 0 heterocycles. The molecule has 0 amide bonds. The second-order valence-corrected chi connectivity index (χ2v) is 5.78. The summed E-state index contributed by atoms with van der Waals surface area (Å²) in [4.78, 5) is -0.0669. The van der Waals surface area contributed by atoms with Gasteiger partial charge in [-0.25, -0.2) is 8.42 Å². The molecule has 0 spiro atoms. The maximum absolute atomic E-state index is 12.5. The fraction of sp³-hybridized carbons (Fsp3) is 0.455. The van der Waals surface area contributed by atoms with Crippen LogP contribution < -0.4 is 0 Å². The zero-order valence-corrected chi connectivity index (χ0v) is 10.1. The van der Waals surface area contributed by atoms with E-state index in [1.165, 1.54) is 31.2 Å². The van der Waals surface area contributed by atoms with E-state index < -0.39 is 27.7 Å². The van der Waals surface area contributed by atoms with Gasteiger partial charge in [0.15, 0.2) is 9.84 Å². The largest absolute Gasteiger partial charge is 0.392 e. The zero-order valence-electron chi connectivity index (χ0n) is 9.24. The molecule has 1 unspecified atom stereocenters. The van der Waals surface area contributed by atoms with Crippen molar-refractivity contribution in [2.75, 3.05) is 5.75 Å². The number of hydrogen-bond donors (Lipinski definition) is 0. The summed E-state index contributed by atoms with van der Waals surface area (Å²) in [6, 6.07) is 7.19. The van der Waals surface area contributed by atoms with E-state index in [0.717, 1.165) is 0 Å². The molecule has 0 aliphatic heterocycles. The Balaban J connectivity index is 2.95. The number of benzene rings is 1. The van der Waals surface area contributed by atoms with E-state index in [2.05, 4.69) is 0 Å². The Hall–Kier alpha value is -1.04. The quantitative estimate of drug-likeness (QED) is 0.839. The zero-order chi connectivity index (χ0) is 13.1. The van der Waals surface area contributed by atoms with Crippen LogP contribution in [0.15, 0.2) is 35.2 Å². The lowest BCUT2D eigenvalue weighted by Gasteiger charge is -2.18. The van der Waals surface area contributed by atoms with Crippen LogP contribution in [0.25, 0.3) is 0 Å². The highest BCUT2D eigenvalue weighted by molar-refractivity contribution is 7.91. The van der Waals surface area contributed by atoms with Crippen molar-refractivity contribution in [1.82, 2.24) is 0 Å². The van der Waals surface area contributed by atoms with Gasteiger partial charge in [0.05, 0.1) is 16.6 Å². The summed E-state index contributed by atoms with van der Waals surface area (Å²) >= 11 is 0. The average Bonchev–Trinajstić information content (AvgIpc) is 2.25. The highest BCUT2D eigenvalue weighted by atomic mass is 32.2. The molecule has 0 aromatic heterocycles. The molecule has 0 saturated carbocycles. The summed E-state index contributed by atoms with van der Waals surface area (Å²) in [5.74, 6) is -2.70. The lowest BCUT2D eigenvalue weighted by molar-refractivity contribution is -0.168. The van der Waals surface area contributed by atoms with Gasteiger partial charge in [-0.2, -0.15) is 13.2 Å². The van der Waals surface area contributed by atoms with E-state index in [9.17, 15) is 21.6 Å². The van der Waals surface area contributed by atoms with E-state index in [-0.39, 0.29) is 11.3 Å². The summed E-state index contributed by atoms with van der Waals surface area (Å²) in [6.45, 7) is 1.33. The minimum absolute atomic E-state index is 0.0669. The predicted octanol–water partition coefficient (Wildman–Crippen LogP) is 3.05. The minimum Gasteiger partial charge on any atom is -0.224 e. The maximum atomic E-state index is 12.5. The van der Waals surface area contributed by atoms with Crippen molar-refractivity contribution in [3.05, 3.63) is 30.3 Å². The van der Waals surface area contributed by atoms with Crippen LogP contribution in [0.1, 0.15) is 13.3 Å². The van der Waals surface area contributed by atoms with E-state index in [0.29, 0.717) is 0 Å². The lowest BCUT2D eigenvalue weighted by atomic mass is 10.1. The second-order valence-electron chi connectivity index (χ2n) is 3.74. The van der Waals surface area contributed by atoms with Gasteiger partial charge in [0.2, 0.25) is 0 Å². The Kier molecular flexibility index (Phi) is 4.19. The second kappa shape index (κ2) is 5.08. The predicted molar refractivity (Wildman–Crippen MR) is 58.3 cm³/mol. The molecule has 17 heavy (non-hydrogen) atoms. The van der Waals surface area contributed by atoms with Gasteiger partial charge in [0.25, 0.3) is 0 Å². The van der Waals surface area contributed by atoms with Crippen LogP contribution >= 0.6 is 0 Å². The summed E-state index contributed by atoms with van der Waals surface area (Å²) in [5.41, 5.74) is 0. The van der Waals surface area contributed by atoms with Crippen molar-refractivity contribution < 1.29 is 21.6 Å². The molecule has 1 aromatic carbocycles. The standard InChI is InChI=1S/C11H13F3O2S/c1-2-9(11(12,13)14)8-17(15,16)10-6-4-3-5-7-10/h3-7,9H,2,8H2,1H3. The van der Waals surface area contributed by atoms with Crippen LogP contribution in [0, 0.1) is 5.92 Å². The molecule has 0 bridgehead atoms. The van der Waals surface area contributed by atoms with E-state index >= 15 is 0 Å². The molecular formula is C11H13F3O2S. The summed E-state index contributed by atoms with van der Waals surface area (Å²) in [5, 5.41) is 0. The number of sulfone groups is 1. The maximum Gasteiger partial charge on any atom is 0.392 e. The van der Waals surface area contributed by atoms with Gasteiger partial charge < -0.3 is 0 Å². The first-order valence-corrected chi connectivity index (χ1v) is 6.77. The molecule has 1 aromatic rings. The molecule has 0 aliphatic carbocycles. The van der Waals surface area contributed by atoms with Crippen molar-refractivity contribution in [3.63, 3.8) is 0 Å². The van der Waals surface area contributed by atoms with Crippen LogP contribution in [0.4, 0.5) is 13.2 Å².